The minimum Gasteiger partial charge on any atom is -0.481 e. The number of rotatable bonds is 4. The zero-order valence-electron chi connectivity index (χ0n) is 12.3. The van der Waals surface area contributed by atoms with E-state index in [1.807, 2.05) is 6.92 Å². The van der Waals surface area contributed by atoms with Crippen LogP contribution in [0.2, 0.25) is 0 Å². The summed E-state index contributed by atoms with van der Waals surface area (Å²) in [5.74, 6) is -1.56. The van der Waals surface area contributed by atoms with Crippen LogP contribution in [0.5, 0.6) is 0 Å². The Balaban J connectivity index is 1.92. The third-order valence-corrected chi connectivity index (χ3v) is 4.89. The topological polar surface area (TPSA) is 113 Å². The molecule has 1 saturated carbocycles. The van der Waals surface area contributed by atoms with Crippen LogP contribution in [-0.4, -0.2) is 47.0 Å². The van der Waals surface area contributed by atoms with Crippen LogP contribution < -0.4 is 11.1 Å². The van der Waals surface area contributed by atoms with Gasteiger partial charge in [-0.25, -0.2) is 4.79 Å². The zero-order chi connectivity index (χ0) is 15.6. The van der Waals surface area contributed by atoms with Gasteiger partial charge in [-0.05, 0) is 32.6 Å². The van der Waals surface area contributed by atoms with Crippen LogP contribution in [-0.2, 0) is 9.59 Å². The minimum absolute atomic E-state index is 0.0303. The molecule has 7 nitrogen and oxygen atoms in total. The molecule has 2 rings (SSSR count). The Kier molecular flexibility index (Phi) is 4.39. The van der Waals surface area contributed by atoms with E-state index in [4.69, 9.17) is 5.73 Å². The van der Waals surface area contributed by atoms with Crippen molar-refractivity contribution in [1.29, 1.82) is 0 Å². The lowest BCUT2D eigenvalue weighted by Crippen LogP contribution is -2.55. The Morgan fingerprint density at radius 3 is 2.48 bits per heavy atom. The van der Waals surface area contributed by atoms with Gasteiger partial charge in [0.25, 0.3) is 0 Å². The van der Waals surface area contributed by atoms with Crippen LogP contribution in [0.4, 0.5) is 4.79 Å². The largest absolute Gasteiger partial charge is 0.481 e. The van der Waals surface area contributed by atoms with Gasteiger partial charge in [0.15, 0.2) is 0 Å². The molecular formula is C14H23N3O4. The summed E-state index contributed by atoms with van der Waals surface area (Å²) in [6.45, 7) is 2.38. The van der Waals surface area contributed by atoms with Gasteiger partial charge in [-0.15, -0.1) is 0 Å². The highest BCUT2D eigenvalue weighted by Gasteiger charge is 2.45. The molecule has 1 aliphatic carbocycles. The predicted molar refractivity (Wildman–Crippen MR) is 75.4 cm³/mol. The Morgan fingerprint density at radius 2 is 2.00 bits per heavy atom. The van der Waals surface area contributed by atoms with Gasteiger partial charge in [0, 0.05) is 19.1 Å². The Labute approximate surface area is 123 Å². The van der Waals surface area contributed by atoms with Crippen LogP contribution in [0.25, 0.3) is 0 Å². The highest BCUT2D eigenvalue weighted by molar-refractivity contribution is 5.81. The van der Waals surface area contributed by atoms with Crippen LogP contribution in [0.3, 0.4) is 0 Å². The van der Waals surface area contributed by atoms with E-state index in [0.29, 0.717) is 25.8 Å². The highest BCUT2D eigenvalue weighted by Crippen LogP contribution is 2.40. The quantitative estimate of drug-likeness (QED) is 0.702. The first-order valence-electron chi connectivity index (χ1n) is 7.43. The molecule has 118 valence electrons. The van der Waals surface area contributed by atoms with E-state index in [1.54, 1.807) is 4.90 Å². The number of carbonyl (C=O) groups is 3. The number of hydrogen-bond acceptors (Lipinski definition) is 3. The molecule has 0 radical (unpaired) electrons. The molecule has 1 aliphatic heterocycles. The lowest BCUT2D eigenvalue weighted by atomic mass is 9.69. The molecular weight excluding hydrogens is 274 g/mol. The molecule has 0 aromatic rings. The van der Waals surface area contributed by atoms with Gasteiger partial charge in [-0.3, -0.25) is 9.59 Å². The van der Waals surface area contributed by atoms with E-state index >= 15 is 0 Å². The summed E-state index contributed by atoms with van der Waals surface area (Å²) in [6.07, 6.45) is 3.50. The number of piperidine rings is 1. The number of urea groups is 1. The normalized spacial score (nSPS) is 27.6. The molecule has 0 aromatic heterocycles. The van der Waals surface area contributed by atoms with Crippen molar-refractivity contribution < 1.29 is 19.5 Å². The zero-order valence-corrected chi connectivity index (χ0v) is 12.3. The number of carboxylic acid groups (broad SMARTS) is 1. The van der Waals surface area contributed by atoms with Gasteiger partial charge in [0.1, 0.15) is 0 Å². The van der Waals surface area contributed by atoms with Crippen molar-refractivity contribution in [1.82, 2.24) is 10.2 Å². The van der Waals surface area contributed by atoms with Gasteiger partial charge < -0.3 is 21.1 Å². The lowest BCUT2D eigenvalue weighted by molar-refractivity contribution is -0.153. The summed E-state index contributed by atoms with van der Waals surface area (Å²) >= 11 is 0. The predicted octanol–water partition coefficient (Wildman–Crippen LogP) is 0.537. The fraction of sp³-hybridized carbons (Fsp3) is 0.786. The molecule has 2 unspecified atom stereocenters. The molecule has 4 N–H and O–H groups in total. The molecule has 2 fully saturated rings. The van der Waals surface area contributed by atoms with Crippen molar-refractivity contribution in [2.45, 2.75) is 45.1 Å². The summed E-state index contributed by atoms with van der Waals surface area (Å²) in [5.41, 5.74) is 4.51. The number of carbonyl (C=O) groups excluding carboxylic acids is 2. The van der Waals surface area contributed by atoms with Crippen molar-refractivity contribution in [3.05, 3.63) is 0 Å². The van der Waals surface area contributed by atoms with Gasteiger partial charge in [0.05, 0.1) is 11.3 Å². The third-order valence-electron chi connectivity index (χ3n) is 4.89. The summed E-state index contributed by atoms with van der Waals surface area (Å²) < 4.78 is 0. The van der Waals surface area contributed by atoms with Gasteiger partial charge in [-0.1, -0.05) is 6.42 Å². The number of carboxylic acids is 1. The summed E-state index contributed by atoms with van der Waals surface area (Å²) in [7, 11) is 0. The second-order valence-corrected chi connectivity index (χ2v) is 6.28. The SMILES string of the molecule is CC1CCC(C(N)=O)CN1C(=O)NCC1(C(=O)O)CCC1. The smallest absolute Gasteiger partial charge is 0.317 e. The van der Waals surface area contributed by atoms with Crippen molar-refractivity contribution in [2.75, 3.05) is 13.1 Å². The van der Waals surface area contributed by atoms with Crippen molar-refractivity contribution in [3.8, 4) is 0 Å². The number of hydrogen-bond donors (Lipinski definition) is 3. The Bertz CT molecular complexity index is 448. The molecule has 1 saturated heterocycles. The Morgan fingerprint density at radius 1 is 1.33 bits per heavy atom. The molecule has 0 bridgehead atoms. The summed E-state index contributed by atoms with van der Waals surface area (Å²) in [5, 5.41) is 12.0. The van der Waals surface area contributed by atoms with E-state index in [2.05, 4.69) is 5.32 Å². The maximum absolute atomic E-state index is 12.3. The van der Waals surface area contributed by atoms with E-state index in [0.717, 1.165) is 12.8 Å². The van der Waals surface area contributed by atoms with E-state index in [9.17, 15) is 19.5 Å². The maximum Gasteiger partial charge on any atom is 0.317 e. The number of likely N-dealkylation sites (tertiary alicyclic amines) is 1. The van der Waals surface area contributed by atoms with E-state index < -0.39 is 11.4 Å². The lowest BCUT2D eigenvalue weighted by Gasteiger charge is -2.40. The second kappa shape index (κ2) is 5.91. The first-order valence-corrected chi connectivity index (χ1v) is 7.43. The first kappa shape index (κ1) is 15.6. The molecule has 1 heterocycles. The highest BCUT2D eigenvalue weighted by atomic mass is 16.4. The number of primary amides is 1. The van der Waals surface area contributed by atoms with Gasteiger partial charge >= 0.3 is 12.0 Å². The van der Waals surface area contributed by atoms with Crippen molar-refractivity contribution >= 4 is 17.9 Å². The standard InChI is InChI=1S/C14H23N3O4/c1-9-3-4-10(11(15)18)7-17(9)13(21)16-8-14(12(19)20)5-2-6-14/h9-10H,2-8H2,1H3,(H2,15,18)(H,16,21)(H,19,20). The Hall–Kier alpha value is -1.79. The van der Waals surface area contributed by atoms with Gasteiger partial charge in [-0.2, -0.15) is 0 Å². The maximum atomic E-state index is 12.3. The number of nitrogens with two attached hydrogens (primary N) is 1. The number of nitrogens with zero attached hydrogens (tertiary/aromatic N) is 1. The van der Waals surface area contributed by atoms with E-state index in [1.165, 1.54) is 0 Å². The molecule has 21 heavy (non-hydrogen) atoms. The average molecular weight is 297 g/mol. The molecule has 0 spiro atoms. The van der Waals surface area contributed by atoms with Gasteiger partial charge in [0.2, 0.25) is 5.91 Å². The van der Waals surface area contributed by atoms with Crippen LogP contribution in [0.1, 0.15) is 39.0 Å². The average Bonchev–Trinajstić information content (AvgIpc) is 2.36. The molecule has 2 atom stereocenters. The van der Waals surface area contributed by atoms with Crippen LogP contribution in [0.15, 0.2) is 0 Å². The fourth-order valence-corrected chi connectivity index (χ4v) is 3.04. The number of aliphatic carboxylic acids is 1. The molecule has 7 heteroatoms. The molecule has 2 aliphatic rings. The second-order valence-electron chi connectivity index (χ2n) is 6.28. The van der Waals surface area contributed by atoms with E-state index in [-0.39, 0.29) is 30.4 Å². The summed E-state index contributed by atoms with van der Waals surface area (Å²) in [6, 6.07) is -0.274. The molecule has 3 amide bonds. The summed E-state index contributed by atoms with van der Waals surface area (Å²) in [4.78, 5) is 36.4. The number of nitrogens with one attached hydrogen (secondary N) is 1. The number of amides is 3. The monoisotopic (exact) mass is 297 g/mol. The minimum atomic E-state index is -0.851. The van der Waals surface area contributed by atoms with Crippen molar-refractivity contribution in [3.63, 3.8) is 0 Å². The first-order chi connectivity index (χ1) is 9.85. The fourth-order valence-electron chi connectivity index (χ4n) is 3.04. The van der Waals surface area contributed by atoms with Crippen molar-refractivity contribution in [2.24, 2.45) is 17.1 Å². The van der Waals surface area contributed by atoms with Crippen LogP contribution in [0, 0.1) is 11.3 Å². The third kappa shape index (κ3) is 3.11. The van der Waals surface area contributed by atoms with Crippen LogP contribution >= 0.6 is 0 Å². The molecule has 0 aromatic carbocycles.